The Balaban J connectivity index is 0.000000712. The first-order chi connectivity index (χ1) is 57.8. The van der Waals surface area contributed by atoms with E-state index in [0.717, 1.165) is 11.1 Å². The van der Waals surface area contributed by atoms with E-state index in [9.17, 15) is 86.3 Å². The van der Waals surface area contributed by atoms with Crippen LogP contribution in [0.15, 0.2) is 152 Å². The second-order valence-electron chi connectivity index (χ2n) is 26.6. The summed E-state index contributed by atoms with van der Waals surface area (Å²) in [7, 11) is 24.8. The number of nitrogens with two attached hydrogens (primary N) is 1. The molecule has 0 bridgehead atoms. The summed E-state index contributed by atoms with van der Waals surface area (Å²) < 4.78 is 31.7. The molecule has 0 heterocycles. The molecular formula is C87H95ClN6O30. The first kappa shape index (κ1) is 107. The Kier molecular flexibility index (Phi) is 43.9. The van der Waals surface area contributed by atoms with Gasteiger partial charge in [0.1, 0.15) is 0 Å². The number of nitrogen functional groups attached to an aromatic ring is 1. The number of halogens is 1. The van der Waals surface area contributed by atoms with Crippen molar-refractivity contribution in [3.05, 3.63) is 274 Å². The minimum atomic E-state index is -1.18. The lowest BCUT2D eigenvalue weighted by atomic mass is 10.0. The topological polar surface area (TPSA) is 515 Å². The van der Waals surface area contributed by atoms with Crippen LogP contribution in [0.4, 0.5) is 5.69 Å². The monoisotopic (exact) mass is 1740 g/mol. The van der Waals surface area contributed by atoms with Gasteiger partial charge in [-0.15, -0.1) is 0 Å². The van der Waals surface area contributed by atoms with Gasteiger partial charge in [0.2, 0.25) is 0 Å². The van der Waals surface area contributed by atoms with Crippen molar-refractivity contribution in [3.8, 4) is 0 Å². The third-order valence-electron chi connectivity index (χ3n) is 15.7. The number of carboxylic acids is 5. The van der Waals surface area contributed by atoms with Gasteiger partial charge in [-0.3, -0.25) is 28.8 Å². The number of carboxylic acid groups (broad SMARTS) is 5. The Bertz CT molecular complexity index is 4960. The second-order valence-corrected chi connectivity index (χ2v) is 27.0. The average Bonchev–Trinajstić information content (AvgIpc) is 0.820. The van der Waals surface area contributed by atoms with E-state index in [2.05, 4.69) is 33.2 Å². The van der Waals surface area contributed by atoms with Crippen molar-refractivity contribution in [2.24, 2.45) is 0 Å². The zero-order chi connectivity index (χ0) is 95.2. The fourth-order valence-electron chi connectivity index (χ4n) is 9.87. The van der Waals surface area contributed by atoms with E-state index in [-0.39, 0.29) is 113 Å². The third kappa shape index (κ3) is 34.8. The molecular weight excluding hydrogens is 1640 g/mol. The van der Waals surface area contributed by atoms with E-state index in [1.807, 2.05) is 6.92 Å². The SMILES string of the molecule is CN(C)C(=O)c1cc(C(=O)O)cc(C(=O)N(C)C)c1.COC(=O)c1cc(C(=O)N(C)C)cc(C(=O)N(C)C)c1.COC(=O)c1cc(C)cc(C(=O)Cl)c1.COC(=O)c1cc(C)cc(C(=O)N(C)C)c1.COC(=O)c1cc(C)cc(C(=O)O)c1.COC(=O)c1cc(C)cc(C(=O)O)c1.COC(=O)c1cc(N)cc(C(=O)O)c1.COC(=O)c1cccc(C(=O)O)c1. The van der Waals surface area contributed by atoms with Crippen molar-refractivity contribution >= 4 is 124 Å². The maximum atomic E-state index is 12.0. The number of benzene rings is 8. The summed E-state index contributed by atoms with van der Waals surface area (Å²) in [5.74, 6) is -10.6. The normalized spacial score (nSPS) is 9.66. The molecule has 8 rings (SSSR count). The highest BCUT2D eigenvalue weighted by molar-refractivity contribution is 6.67. The number of aryl methyl sites for hydroxylation is 4. The Labute approximate surface area is 717 Å². The van der Waals surface area contributed by atoms with Gasteiger partial charge < -0.3 is 88.9 Å². The number of methoxy groups -OCH3 is 7. The first-order valence-corrected chi connectivity index (χ1v) is 36.0. The van der Waals surface area contributed by atoms with E-state index in [4.69, 9.17) is 42.9 Å². The third-order valence-corrected chi connectivity index (χ3v) is 15.9. The van der Waals surface area contributed by atoms with Crippen molar-refractivity contribution in [1.82, 2.24) is 24.5 Å². The summed E-state index contributed by atoms with van der Waals surface area (Å²) in [6, 6.07) is 36.1. The van der Waals surface area contributed by atoms with Gasteiger partial charge >= 0.3 is 71.6 Å². The second kappa shape index (κ2) is 51.1. The van der Waals surface area contributed by atoms with Crippen LogP contribution in [-0.2, 0) is 33.2 Å². The standard InChI is InChI=1S/C14H18N2O4.C13H16N2O4.C12H15NO3.C10H9ClO3.2C10H10O4.C9H9NO4.C9H8O4/c1-15(2)12(17)9-6-10(13(18)16(3)4)8-11(7-9)14(19)20-5;1-14(2)11(16)8-5-9(12(17)15(3)4)7-10(6-8)13(18)19;1-8-5-9(11(14)13(2)3)7-10(6-8)12(15)16-4;3*1-6-3-7(9(11)12)5-8(4-6)10(13)14-2;1-14-9(13)6-2-5(8(11)12)3-7(10)4-6;1-13-9(12)7-4-2-3-6(5-7)8(10)11/h6-8H,1-5H3;5-7H,1-4H3,(H,18,19);5-7H,1-4H3;3-5H,1-2H3;2*3-5H,1-2H3,(H,11,12);2-4H,10H2,1H3,(H,11,12);2-5H,1H3,(H,10,11). The molecule has 0 radical (unpaired) electrons. The van der Waals surface area contributed by atoms with Gasteiger partial charge in [0.15, 0.2) is 0 Å². The summed E-state index contributed by atoms with van der Waals surface area (Å²) in [5.41, 5.74) is 12.3. The summed E-state index contributed by atoms with van der Waals surface area (Å²) in [5, 5.41) is 43.2. The number of carbonyl (C=O) groups excluding carboxylic acids is 13. The molecule has 0 fully saturated rings. The number of aromatic carboxylic acids is 5. The lowest BCUT2D eigenvalue weighted by molar-refractivity contribution is 0.0590. The number of nitrogens with zero attached hydrogens (tertiary/aromatic N) is 5. The quantitative estimate of drug-likeness (QED) is 0.0201. The Morgan fingerprint density at radius 3 is 0.637 bits per heavy atom. The fourth-order valence-corrected chi connectivity index (χ4v) is 9.98. The molecule has 660 valence electrons. The lowest BCUT2D eigenvalue weighted by Gasteiger charge is -2.15. The number of esters is 7. The van der Waals surface area contributed by atoms with Crippen molar-refractivity contribution < 1.29 is 145 Å². The van der Waals surface area contributed by atoms with Crippen molar-refractivity contribution in [1.29, 1.82) is 0 Å². The minimum Gasteiger partial charge on any atom is -0.478 e. The van der Waals surface area contributed by atoms with Crippen molar-refractivity contribution in [2.45, 2.75) is 27.7 Å². The molecule has 8 aromatic rings. The highest BCUT2D eigenvalue weighted by Crippen LogP contribution is 2.21. The molecule has 0 aliphatic heterocycles. The molecule has 0 atom stereocenters. The Hall–Kier alpha value is -15.5. The van der Waals surface area contributed by atoms with Gasteiger partial charge in [0.25, 0.3) is 34.8 Å². The van der Waals surface area contributed by atoms with Crippen LogP contribution in [0.1, 0.15) is 209 Å². The molecule has 0 aromatic heterocycles. The number of carbonyl (C=O) groups is 18. The van der Waals surface area contributed by atoms with E-state index in [1.165, 1.54) is 183 Å². The highest BCUT2D eigenvalue weighted by Gasteiger charge is 2.23. The van der Waals surface area contributed by atoms with E-state index < -0.39 is 76.9 Å². The van der Waals surface area contributed by atoms with Crippen LogP contribution in [0.3, 0.4) is 0 Å². The Morgan fingerprint density at radius 2 is 0.387 bits per heavy atom. The molecule has 0 aliphatic rings. The van der Waals surface area contributed by atoms with Crippen LogP contribution >= 0.6 is 11.6 Å². The number of rotatable bonds is 18. The summed E-state index contributed by atoms with van der Waals surface area (Å²) >= 11 is 5.30. The average molecular weight is 1740 g/mol. The molecule has 0 aliphatic carbocycles. The van der Waals surface area contributed by atoms with Gasteiger partial charge in [-0.2, -0.15) is 0 Å². The highest BCUT2D eigenvalue weighted by atomic mass is 35.5. The van der Waals surface area contributed by atoms with Crippen LogP contribution in [0.2, 0.25) is 0 Å². The van der Waals surface area contributed by atoms with Gasteiger partial charge in [-0.05, 0) is 207 Å². The molecule has 0 spiro atoms. The fraction of sp³-hybridized carbons (Fsp3) is 0.241. The smallest absolute Gasteiger partial charge is 0.337 e. The predicted molar refractivity (Wildman–Crippen MR) is 449 cm³/mol. The van der Waals surface area contributed by atoms with Gasteiger partial charge in [0, 0.05) is 110 Å². The molecule has 0 saturated carbocycles. The maximum Gasteiger partial charge on any atom is 0.337 e. The zero-order valence-electron chi connectivity index (χ0n) is 71.6. The van der Waals surface area contributed by atoms with Crippen LogP contribution in [0.25, 0.3) is 0 Å². The molecule has 37 heteroatoms. The number of hydrogen-bond acceptors (Lipinski definition) is 26. The van der Waals surface area contributed by atoms with Gasteiger partial charge in [-0.25, -0.2) is 57.5 Å². The number of hydrogen-bond donors (Lipinski definition) is 6. The molecule has 0 saturated heterocycles. The summed E-state index contributed by atoms with van der Waals surface area (Å²) in [6.07, 6.45) is 0. The summed E-state index contributed by atoms with van der Waals surface area (Å²) in [6.45, 7) is 7.05. The van der Waals surface area contributed by atoms with Gasteiger partial charge in [-0.1, -0.05) is 6.07 Å². The predicted octanol–water partition coefficient (Wildman–Crippen LogP) is 10.2. The van der Waals surface area contributed by atoms with Crippen molar-refractivity contribution in [3.63, 3.8) is 0 Å². The van der Waals surface area contributed by atoms with E-state index >= 15 is 0 Å². The lowest BCUT2D eigenvalue weighted by Crippen LogP contribution is -2.25. The number of anilines is 1. The minimum absolute atomic E-state index is 0.0367. The first-order valence-electron chi connectivity index (χ1n) is 35.6. The van der Waals surface area contributed by atoms with Crippen LogP contribution < -0.4 is 5.73 Å². The van der Waals surface area contributed by atoms with E-state index in [0.29, 0.717) is 33.4 Å². The molecule has 7 N–H and O–H groups in total. The number of amides is 5. The molecule has 36 nitrogen and oxygen atoms in total. The summed E-state index contributed by atoms with van der Waals surface area (Å²) in [4.78, 5) is 209. The molecule has 8 aromatic carbocycles. The molecule has 5 amide bonds. The van der Waals surface area contributed by atoms with E-state index in [1.54, 1.807) is 134 Å². The Morgan fingerprint density at radius 1 is 0.234 bits per heavy atom. The van der Waals surface area contributed by atoms with Crippen LogP contribution in [0.5, 0.6) is 0 Å². The van der Waals surface area contributed by atoms with Crippen LogP contribution in [-0.4, -0.2) is 277 Å². The van der Waals surface area contributed by atoms with Crippen molar-refractivity contribution in [2.75, 3.05) is 126 Å². The maximum absolute atomic E-state index is 12.0. The molecule has 0 unspecified atom stereocenters. The number of ether oxygens (including phenoxy) is 7. The largest absolute Gasteiger partial charge is 0.478 e. The molecule has 124 heavy (non-hydrogen) atoms. The zero-order valence-corrected chi connectivity index (χ0v) is 72.3. The van der Waals surface area contributed by atoms with Crippen LogP contribution in [0, 0.1) is 27.7 Å². The van der Waals surface area contributed by atoms with Gasteiger partial charge in [0.05, 0.1) is 117 Å².